The fourth-order valence-electron chi connectivity index (χ4n) is 2.61. The highest BCUT2D eigenvalue weighted by molar-refractivity contribution is 7.87. The molecule has 0 aromatic heterocycles. The summed E-state index contributed by atoms with van der Waals surface area (Å²) in [5, 5.41) is 0. The van der Waals surface area contributed by atoms with Crippen LogP contribution in [0.3, 0.4) is 0 Å². The molecule has 0 aromatic rings. The maximum Gasteiger partial charge on any atom is 0.279 e. The zero-order valence-corrected chi connectivity index (χ0v) is 12.1. The molecule has 2 saturated heterocycles. The van der Waals surface area contributed by atoms with Gasteiger partial charge in [0.05, 0.1) is 6.10 Å². The second kappa shape index (κ2) is 5.86. The normalized spacial score (nSPS) is 29.6. The molecule has 0 bridgehead atoms. The summed E-state index contributed by atoms with van der Waals surface area (Å²) < 4.78 is 34.3. The minimum Gasteiger partial charge on any atom is -0.377 e. The third kappa shape index (κ3) is 3.44. The van der Waals surface area contributed by atoms with E-state index in [1.165, 1.54) is 0 Å². The maximum atomic E-state index is 12.2. The van der Waals surface area contributed by atoms with Crippen molar-refractivity contribution < 1.29 is 13.2 Å². The van der Waals surface area contributed by atoms with Crippen molar-refractivity contribution in [3.05, 3.63) is 0 Å². The SMILES string of the molecule is CC1CCN(S(=O)(=O)N[C@@H](C)[C@@H]2CCCO2)CC1. The van der Waals surface area contributed by atoms with Gasteiger partial charge in [-0.1, -0.05) is 6.92 Å². The summed E-state index contributed by atoms with van der Waals surface area (Å²) >= 11 is 0. The quantitative estimate of drug-likeness (QED) is 0.837. The van der Waals surface area contributed by atoms with Crippen molar-refractivity contribution in [2.45, 2.75) is 51.7 Å². The molecule has 2 rings (SSSR count). The zero-order valence-electron chi connectivity index (χ0n) is 11.3. The van der Waals surface area contributed by atoms with Gasteiger partial charge in [-0.3, -0.25) is 0 Å². The minimum atomic E-state index is -3.34. The van der Waals surface area contributed by atoms with E-state index in [-0.39, 0.29) is 12.1 Å². The minimum absolute atomic E-state index is 0.0310. The van der Waals surface area contributed by atoms with Crippen LogP contribution in [0.4, 0.5) is 0 Å². The lowest BCUT2D eigenvalue weighted by atomic mass is 10.0. The number of piperidine rings is 1. The van der Waals surface area contributed by atoms with Crippen molar-refractivity contribution in [2.24, 2.45) is 5.92 Å². The highest BCUT2D eigenvalue weighted by Gasteiger charge is 2.31. The Balaban J connectivity index is 1.90. The Kier molecular flexibility index (Phi) is 4.64. The van der Waals surface area contributed by atoms with E-state index in [4.69, 9.17) is 4.74 Å². The summed E-state index contributed by atoms with van der Waals surface area (Å²) in [7, 11) is -3.34. The lowest BCUT2D eigenvalue weighted by Crippen LogP contribution is -2.50. The summed E-state index contributed by atoms with van der Waals surface area (Å²) in [4.78, 5) is 0. The van der Waals surface area contributed by atoms with Crippen LogP contribution in [-0.2, 0) is 14.9 Å². The van der Waals surface area contributed by atoms with Gasteiger partial charge in [-0.05, 0) is 38.5 Å². The van der Waals surface area contributed by atoms with E-state index in [2.05, 4.69) is 11.6 Å². The molecular weight excluding hydrogens is 252 g/mol. The van der Waals surface area contributed by atoms with Gasteiger partial charge >= 0.3 is 0 Å². The second-order valence-electron chi connectivity index (χ2n) is 5.54. The van der Waals surface area contributed by atoms with Crippen molar-refractivity contribution in [1.82, 2.24) is 9.03 Å². The Bertz CT molecular complexity index is 358. The summed E-state index contributed by atoms with van der Waals surface area (Å²) in [5.41, 5.74) is 0. The number of nitrogens with zero attached hydrogens (tertiary/aromatic N) is 1. The number of nitrogens with one attached hydrogen (secondary N) is 1. The molecule has 0 spiro atoms. The summed E-state index contributed by atoms with van der Waals surface area (Å²) in [6, 6.07) is -0.142. The van der Waals surface area contributed by atoms with Crippen LogP contribution in [0, 0.1) is 5.92 Å². The van der Waals surface area contributed by atoms with E-state index in [0.29, 0.717) is 19.0 Å². The molecule has 18 heavy (non-hydrogen) atoms. The van der Waals surface area contributed by atoms with Crippen LogP contribution in [0.2, 0.25) is 0 Å². The number of ether oxygens (including phenoxy) is 1. The molecule has 0 saturated carbocycles. The third-order valence-corrected chi connectivity index (χ3v) is 5.65. The Hall–Kier alpha value is -0.170. The molecule has 106 valence electrons. The van der Waals surface area contributed by atoms with Gasteiger partial charge in [-0.25, -0.2) is 0 Å². The van der Waals surface area contributed by atoms with Gasteiger partial charge < -0.3 is 4.74 Å². The van der Waals surface area contributed by atoms with Crippen LogP contribution in [0.5, 0.6) is 0 Å². The predicted molar refractivity (Wildman–Crippen MR) is 70.5 cm³/mol. The lowest BCUT2D eigenvalue weighted by Gasteiger charge is -2.31. The van der Waals surface area contributed by atoms with E-state index in [0.717, 1.165) is 32.3 Å². The fourth-order valence-corrected chi connectivity index (χ4v) is 4.07. The molecule has 5 nitrogen and oxygen atoms in total. The van der Waals surface area contributed by atoms with Gasteiger partial charge in [0, 0.05) is 25.7 Å². The predicted octanol–water partition coefficient (Wildman–Crippen LogP) is 1.12. The van der Waals surface area contributed by atoms with E-state index in [1.807, 2.05) is 6.92 Å². The Morgan fingerprint density at radius 1 is 1.28 bits per heavy atom. The van der Waals surface area contributed by atoms with Gasteiger partial charge in [0.2, 0.25) is 0 Å². The standard InChI is InChI=1S/C12H24N2O3S/c1-10-5-7-14(8-6-10)18(15,16)13-11(2)12-4-3-9-17-12/h10-13H,3-9H2,1-2H3/t11-,12-/m0/s1. The molecule has 0 unspecified atom stereocenters. The molecule has 2 aliphatic rings. The van der Waals surface area contributed by atoms with Crippen molar-refractivity contribution in [3.8, 4) is 0 Å². The first-order chi connectivity index (χ1) is 8.49. The van der Waals surface area contributed by atoms with Crippen molar-refractivity contribution in [1.29, 1.82) is 0 Å². The first-order valence-corrected chi connectivity index (χ1v) is 8.32. The Morgan fingerprint density at radius 3 is 2.50 bits per heavy atom. The molecule has 0 aromatic carbocycles. The third-order valence-electron chi connectivity index (χ3n) is 3.94. The molecule has 2 aliphatic heterocycles. The first kappa shape index (κ1) is 14.2. The second-order valence-corrected chi connectivity index (χ2v) is 7.25. The maximum absolute atomic E-state index is 12.2. The lowest BCUT2D eigenvalue weighted by molar-refractivity contribution is 0.0894. The van der Waals surface area contributed by atoms with Crippen molar-refractivity contribution >= 4 is 10.2 Å². The van der Waals surface area contributed by atoms with Crippen LogP contribution in [0.1, 0.15) is 39.5 Å². The summed E-state index contributed by atoms with van der Waals surface area (Å²) in [6.07, 6.45) is 3.91. The zero-order chi connectivity index (χ0) is 13.2. The van der Waals surface area contributed by atoms with Crippen LogP contribution in [-0.4, -0.2) is 44.6 Å². The molecular formula is C12H24N2O3S. The smallest absolute Gasteiger partial charge is 0.279 e. The molecule has 2 fully saturated rings. The average Bonchev–Trinajstić information content (AvgIpc) is 2.82. The topological polar surface area (TPSA) is 58.6 Å². The van der Waals surface area contributed by atoms with E-state index in [1.54, 1.807) is 4.31 Å². The van der Waals surface area contributed by atoms with Crippen molar-refractivity contribution in [2.75, 3.05) is 19.7 Å². The Labute approximate surface area is 110 Å². The summed E-state index contributed by atoms with van der Waals surface area (Å²) in [6.45, 7) is 6.08. The number of hydrogen-bond donors (Lipinski definition) is 1. The number of hydrogen-bond acceptors (Lipinski definition) is 3. The van der Waals surface area contributed by atoms with Crippen molar-refractivity contribution in [3.63, 3.8) is 0 Å². The summed E-state index contributed by atoms with van der Waals surface area (Å²) in [5.74, 6) is 0.632. The van der Waals surface area contributed by atoms with Gasteiger partial charge in [-0.15, -0.1) is 0 Å². The average molecular weight is 276 g/mol. The van der Waals surface area contributed by atoms with Crippen LogP contribution in [0.15, 0.2) is 0 Å². The van der Waals surface area contributed by atoms with Crippen LogP contribution >= 0.6 is 0 Å². The molecule has 2 atom stereocenters. The fraction of sp³-hybridized carbons (Fsp3) is 1.00. The molecule has 0 amide bonds. The Morgan fingerprint density at radius 2 is 1.94 bits per heavy atom. The molecule has 2 heterocycles. The van der Waals surface area contributed by atoms with Crippen LogP contribution in [0.25, 0.3) is 0 Å². The van der Waals surface area contributed by atoms with Gasteiger partial charge in [0.1, 0.15) is 0 Å². The molecule has 0 radical (unpaired) electrons. The largest absolute Gasteiger partial charge is 0.377 e. The van der Waals surface area contributed by atoms with Gasteiger partial charge in [0.25, 0.3) is 10.2 Å². The van der Waals surface area contributed by atoms with Gasteiger partial charge in [0.15, 0.2) is 0 Å². The van der Waals surface area contributed by atoms with Gasteiger partial charge in [-0.2, -0.15) is 17.4 Å². The van der Waals surface area contributed by atoms with Crippen LogP contribution < -0.4 is 4.72 Å². The first-order valence-electron chi connectivity index (χ1n) is 6.88. The van der Waals surface area contributed by atoms with E-state index in [9.17, 15) is 8.42 Å². The highest BCUT2D eigenvalue weighted by atomic mass is 32.2. The monoisotopic (exact) mass is 276 g/mol. The van der Waals surface area contributed by atoms with E-state index >= 15 is 0 Å². The number of rotatable bonds is 4. The molecule has 1 N–H and O–H groups in total. The van der Waals surface area contributed by atoms with E-state index < -0.39 is 10.2 Å². The molecule has 6 heteroatoms. The highest BCUT2D eigenvalue weighted by Crippen LogP contribution is 2.20. The molecule has 0 aliphatic carbocycles.